The van der Waals surface area contributed by atoms with Crippen LogP contribution in [0, 0.1) is 0 Å². The second-order valence-electron chi connectivity index (χ2n) is 3.64. The number of para-hydroxylation sites is 1. The topological polar surface area (TPSA) is 65.2 Å². The number of rotatable bonds is 4. The van der Waals surface area contributed by atoms with Crippen LogP contribution in [0.1, 0.15) is 24.4 Å². The molecule has 0 aliphatic carbocycles. The van der Waals surface area contributed by atoms with Gasteiger partial charge in [0.25, 0.3) is 0 Å². The van der Waals surface area contributed by atoms with Crippen molar-refractivity contribution in [1.82, 2.24) is 4.98 Å². The van der Waals surface area contributed by atoms with Gasteiger partial charge in [0.05, 0.1) is 29.3 Å². The lowest BCUT2D eigenvalue weighted by molar-refractivity contribution is -0.143. The molecule has 0 aliphatic rings. The summed E-state index contributed by atoms with van der Waals surface area (Å²) in [6, 6.07) is 7.44. The largest absolute Gasteiger partial charge is 0.466 e. The molecule has 0 amide bonds. The Morgan fingerprint density at radius 2 is 2.29 bits per heavy atom. The molecule has 17 heavy (non-hydrogen) atoms. The standard InChI is InChI=1S/C12H14N2O2S/c1-2-16-11(15)7-8(13)12-14-9-5-3-4-6-10(9)17-12/h3-6,8H,2,7,13H2,1H3. The van der Waals surface area contributed by atoms with Crippen LogP contribution in [0.4, 0.5) is 0 Å². The van der Waals surface area contributed by atoms with E-state index in [9.17, 15) is 4.79 Å². The maximum absolute atomic E-state index is 11.3. The number of fused-ring (bicyclic) bond motifs is 1. The summed E-state index contributed by atoms with van der Waals surface area (Å²) < 4.78 is 5.95. The first-order chi connectivity index (χ1) is 8.20. The van der Waals surface area contributed by atoms with Crippen LogP contribution < -0.4 is 5.73 Å². The predicted octanol–water partition coefficient (Wildman–Crippen LogP) is 2.25. The van der Waals surface area contributed by atoms with Gasteiger partial charge in [-0.15, -0.1) is 11.3 Å². The average molecular weight is 250 g/mol. The van der Waals surface area contributed by atoms with Gasteiger partial charge >= 0.3 is 5.97 Å². The van der Waals surface area contributed by atoms with E-state index < -0.39 is 0 Å². The van der Waals surface area contributed by atoms with Crippen LogP contribution in [-0.2, 0) is 9.53 Å². The lowest BCUT2D eigenvalue weighted by Crippen LogP contribution is -2.16. The van der Waals surface area contributed by atoms with Gasteiger partial charge in [0.1, 0.15) is 5.01 Å². The van der Waals surface area contributed by atoms with E-state index in [0.717, 1.165) is 15.2 Å². The number of ether oxygens (including phenoxy) is 1. The lowest BCUT2D eigenvalue weighted by Gasteiger charge is -2.06. The minimum Gasteiger partial charge on any atom is -0.466 e. The summed E-state index contributed by atoms with van der Waals surface area (Å²) in [7, 11) is 0. The van der Waals surface area contributed by atoms with Gasteiger partial charge in [-0.3, -0.25) is 4.79 Å². The number of benzene rings is 1. The maximum atomic E-state index is 11.3. The molecule has 0 radical (unpaired) electrons. The van der Waals surface area contributed by atoms with Gasteiger partial charge in [-0.25, -0.2) is 4.98 Å². The molecule has 0 fully saturated rings. The molecular weight excluding hydrogens is 236 g/mol. The summed E-state index contributed by atoms with van der Waals surface area (Å²) in [6.07, 6.45) is 0.174. The molecule has 0 spiro atoms. The molecule has 0 aliphatic heterocycles. The Hall–Kier alpha value is -1.46. The van der Waals surface area contributed by atoms with Crippen molar-refractivity contribution in [3.05, 3.63) is 29.3 Å². The van der Waals surface area contributed by atoms with E-state index in [1.165, 1.54) is 11.3 Å². The molecule has 1 unspecified atom stereocenters. The fourth-order valence-electron chi connectivity index (χ4n) is 1.54. The van der Waals surface area contributed by atoms with Crippen LogP contribution in [0.3, 0.4) is 0 Å². The van der Waals surface area contributed by atoms with Crippen molar-refractivity contribution in [2.45, 2.75) is 19.4 Å². The molecule has 1 atom stereocenters. The number of esters is 1. The fourth-order valence-corrected chi connectivity index (χ4v) is 2.50. The summed E-state index contributed by atoms with van der Waals surface area (Å²) in [4.78, 5) is 15.7. The number of thiazole rings is 1. The zero-order chi connectivity index (χ0) is 12.3. The fraction of sp³-hybridized carbons (Fsp3) is 0.333. The van der Waals surface area contributed by atoms with Gasteiger partial charge in [0.2, 0.25) is 0 Å². The van der Waals surface area contributed by atoms with Gasteiger partial charge in [0, 0.05) is 0 Å². The Bertz CT molecular complexity index is 491. The van der Waals surface area contributed by atoms with Gasteiger partial charge in [0.15, 0.2) is 0 Å². The predicted molar refractivity (Wildman–Crippen MR) is 67.8 cm³/mol. The van der Waals surface area contributed by atoms with Crippen molar-refractivity contribution in [2.24, 2.45) is 5.73 Å². The molecule has 4 nitrogen and oxygen atoms in total. The molecule has 1 heterocycles. The van der Waals surface area contributed by atoms with E-state index >= 15 is 0 Å². The second kappa shape index (κ2) is 5.25. The first-order valence-electron chi connectivity index (χ1n) is 5.47. The van der Waals surface area contributed by atoms with Crippen molar-refractivity contribution in [1.29, 1.82) is 0 Å². The highest BCUT2D eigenvalue weighted by molar-refractivity contribution is 7.18. The van der Waals surface area contributed by atoms with E-state index in [2.05, 4.69) is 4.98 Å². The van der Waals surface area contributed by atoms with E-state index in [1.807, 2.05) is 24.3 Å². The van der Waals surface area contributed by atoms with Crippen molar-refractivity contribution in [2.75, 3.05) is 6.61 Å². The van der Waals surface area contributed by atoms with E-state index in [-0.39, 0.29) is 18.4 Å². The summed E-state index contributed by atoms with van der Waals surface area (Å²) in [5.41, 5.74) is 6.86. The molecule has 1 aromatic heterocycles. The van der Waals surface area contributed by atoms with Crippen LogP contribution in [0.2, 0.25) is 0 Å². The molecular formula is C12H14N2O2S. The molecule has 0 bridgehead atoms. The summed E-state index contributed by atoms with van der Waals surface area (Å²) in [6.45, 7) is 2.16. The molecule has 0 saturated heterocycles. The third kappa shape index (κ3) is 2.81. The Kier molecular flexibility index (Phi) is 3.71. The van der Waals surface area contributed by atoms with Crippen LogP contribution in [-0.4, -0.2) is 17.6 Å². The zero-order valence-electron chi connectivity index (χ0n) is 9.55. The smallest absolute Gasteiger partial charge is 0.307 e. The van der Waals surface area contributed by atoms with Crippen LogP contribution in [0.5, 0.6) is 0 Å². The second-order valence-corrected chi connectivity index (χ2v) is 4.70. The molecule has 2 aromatic rings. The van der Waals surface area contributed by atoms with Gasteiger partial charge in [-0.1, -0.05) is 12.1 Å². The summed E-state index contributed by atoms with van der Waals surface area (Å²) in [5.74, 6) is -0.278. The number of carbonyl (C=O) groups excluding carboxylic acids is 1. The third-order valence-electron chi connectivity index (χ3n) is 2.32. The van der Waals surface area contributed by atoms with Gasteiger partial charge < -0.3 is 10.5 Å². The van der Waals surface area contributed by atoms with Crippen LogP contribution >= 0.6 is 11.3 Å². The highest BCUT2D eigenvalue weighted by atomic mass is 32.1. The molecule has 2 rings (SSSR count). The first-order valence-corrected chi connectivity index (χ1v) is 6.29. The number of aromatic nitrogens is 1. The molecule has 90 valence electrons. The van der Waals surface area contributed by atoms with Crippen molar-refractivity contribution < 1.29 is 9.53 Å². The van der Waals surface area contributed by atoms with Crippen molar-refractivity contribution in [3.63, 3.8) is 0 Å². The Labute approximate surface area is 103 Å². The number of hydrogen-bond donors (Lipinski definition) is 1. The normalized spacial score (nSPS) is 12.6. The minimum absolute atomic E-state index is 0.174. The Morgan fingerprint density at radius 3 is 3.00 bits per heavy atom. The van der Waals surface area contributed by atoms with Gasteiger partial charge in [-0.2, -0.15) is 0 Å². The van der Waals surface area contributed by atoms with E-state index in [1.54, 1.807) is 6.92 Å². The highest BCUT2D eigenvalue weighted by Crippen LogP contribution is 2.26. The highest BCUT2D eigenvalue weighted by Gasteiger charge is 2.16. The van der Waals surface area contributed by atoms with Crippen molar-refractivity contribution >= 4 is 27.5 Å². The molecule has 2 N–H and O–H groups in total. The monoisotopic (exact) mass is 250 g/mol. The number of nitrogens with two attached hydrogens (primary N) is 1. The van der Waals surface area contributed by atoms with E-state index in [0.29, 0.717) is 6.61 Å². The Balaban J connectivity index is 2.13. The average Bonchev–Trinajstić information content (AvgIpc) is 2.72. The molecule has 0 saturated carbocycles. The first kappa shape index (κ1) is 12.0. The Morgan fingerprint density at radius 1 is 1.53 bits per heavy atom. The molecule has 5 heteroatoms. The SMILES string of the molecule is CCOC(=O)CC(N)c1nc2ccccc2s1. The number of nitrogens with zero attached hydrogens (tertiary/aromatic N) is 1. The maximum Gasteiger partial charge on any atom is 0.307 e. The van der Waals surface area contributed by atoms with Crippen molar-refractivity contribution in [3.8, 4) is 0 Å². The lowest BCUT2D eigenvalue weighted by atomic mass is 10.2. The minimum atomic E-state index is -0.383. The van der Waals surface area contributed by atoms with Crippen LogP contribution in [0.25, 0.3) is 10.2 Å². The third-order valence-corrected chi connectivity index (χ3v) is 3.49. The summed E-state index contributed by atoms with van der Waals surface area (Å²) in [5, 5.41) is 0.777. The number of carbonyl (C=O) groups is 1. The summed E-state index contributed by atoms with van der Waals surface area (Å²) >= 11 is 1.52. The zero-order valence-corrected chi connectivity index (χ0v) is 10.4. The number of hydrogen-bond acceptors (Lipinski definition) is 5. The van der Waals surface area contributed by atoms with E-state index in [4.69, 9.17) is 10.5 Å². The van der Waals surface area contributed by atoms with Gasteiger partial charge in [-0.05, 0) is 19.1 Å². The quantitative estimate of drug-likeness (QED) is 0.845. The molecule has 1 aromatic carbocycles. The van der Waals surface area contributed by atoms with Crippen LogP contribution in [0.15, 0.2) is 24.3 Å².